The van der Waals surface area contributed by atoms with Gasteiger partial charge in [0.05, 0.1) is 5.56 Å². The van der Waals surface area contributed by atoms with Gasteiger partial charge in [-0.3, -0.25) is 4.79 Å². The summed E-state index contributed by atoms with van der Waals surface area (Å²) in [5.74, 6) is -4.31. The largest absolute Gasteiger partial charge is 0.339 e. The molecule has 116 valence electrons. The summed E-state index contributed by atoms with van der Waals surface area (Å²) in [6.45, 7) is 1.97. The van der Waals surface area contributed by atoms with Crippen molar-refractivity contribution in [3.05, 3.63) is 35.1 Å². The molecule has 0 atom stereocenters. The first-order valence-corrected chi connectivity index (χ1v) is 7.12. The van der Waals surface area contributed by atoms with Crippen molar-refractivity contribution in [1.82, 2.24) is 10.2 Å². The molecule has 1 N–H and O–H groups in total. The fourth-order valence-electron chi connectivity index (χ4n) is 2.63. The van der Waals surface area contributed by atoms with Crippen LogP contribution in [-0.4, -0.2) is 37.5 Å². The molecule has 0 spiro atoms. The molecule has 0 aromatic heterocycles. The van der Waals surface area contributed by atoms with E-state index in [2.05, 4.69) is 5.32 Å². The lowest BCUT2D eigenvalue weighted by molar-refractivity contribution is 0.0681. The number of carbonyl (C=O) groups excluding carboxylic acids is 1. The lowest BCUT2D eigenvalue weighted by Crippen LogP contribution is -2.39. The molecule has 1 aliphatic heterocycles. The van der Waals surface area contributed by atoms with E-state index in [4.69, 9.17) is 0 Å². The van der Waals surface area contributed by atoms with Gasteiger partial charge in [-0.1, -0.05) is 0 Å². The molecule has 3 nitrogen and oxygen atoms in total. The van der Waals surface area contributed by atoms with Gasteiger partial charge in [0, 0.05) is 13.1 Å². The van der Waals surface area contributed by atoms with Gasteiger partial charge in [0.2, 0.25) is 0 Å². The third kappa shape index (κ3) is 3.56. The molecule has 21 heavy (non-hydrogen) atoms. The first-order chi connectivity index (χ1) is 10.0. The van der Waals surface area contributed by atoms with Crippen LogP contribution >= 0.6 is 0 Å². The lowest BCUT2D eigenvalue weighted by Gasteiger charge is -2.32. The molecule has 1 aromatic rings. The van der Waals surface area contributed by atoms with Crippen LogP contribution in [-0.2, 0) is 0 Å². The van der Waals surface area contributed by atoms with E-state index in [1.807, 2.05) is 7.05 Å². The Morgan fingerprint density at radius 2 is 1.90 bits per heavy atom. The van der Waals surface area contributed by atoms with Crippen LogP contribution < -0.4 is 5.32 Å². The Morgan fingerprint density at radius 1 is 1.24 bits per heavy atom. The van der Waals surface area contributed by atoms with Gasteiger partial charge in [-0.15, -0.1) is 0 Å². The van der Waals surface area contributed by atoms with Crippen LogP contribution in [0.1, 0.15) is 29.6 Å². The van der Waals surface area contributed by atoms with E-state index in [1.54, 1.807) is 0 Å². The predicted octanol–water partition coefficient (Wildman–Crippen LogP) is 2.57. The molecule has 1 aromatic carbocycles. The molecular formula is C15H19F3N2O. The summed E-state index contributed by atoms with van der Waals surface area (Å²) in [6.07, 6.45) is 2.73. The fraction of sp³-hybridized carbons (Fsp3) is 0.533. The van der Waals surface area contributed by atoms with Gasteiger partial charge in [-0.2, -0.15) is 0 Å². The second kappa shape index (κ2) is 6.93. The summed E-state index contributed by atoms with van der Waals surface area (Å²) in [5.41, 5.74) is -0.400. The highest BCUT2D eigenvalue weighted by molar-refractivity contribution is 5.94. The standard InChI is InChI=1S/C15H19F3N2O/c1-19-7-4-10-5-8-20(9-6-10)15(21)11-2-3-12(16)14(18)13(11)17/h2-3,10,19H,4-9H2,1H3. The van der Waals surface area contributed by atoms with Gasteiger partial charge >= 0.3 is 0 Å². The van der Waals surface area contributed by atoms with Crippen molar-refractivity contribution >= 4 is 5.91 Å². The van der Waals surface area contributed by atoms with E-state index in [0.29, 0.717) is 19.0 Å². The van der Waals surface area contributed by atoms with Crippen LogP contribution in [0.2, 0.25) is 0 Å². The minimum atomic E-state index is -1.59. The average molecular weight is 300 g/mol. The van der Waals surface area contributed by atoms with Crippen molar-refractivity contribution in [1.29, 1.82) is 0 Å². The number of halogens is 3. The summed E-state index contributed by atoms with van der Waals surface area (Å²) in [4.78, 5) is 13.7. The zero-order valence-corrected chi connectivity index (χ0v) is 12.0. The number of carbonyl (C=O) groups is 1. The van der Waals surface area contributed by atoms with Gasteiger partial charge < -0.3 is 10.2 Å². The van der Waals surface area contributed by atoms with E-state index >= 15 is 0 Å². The third-order valence-corrected chi connectivity index (χ3v) is 3.97. The van der Waals surface area contributed by atoms with E-state index in [0.717, 1.165) is 37.9 Å². The van der Waals surface area contributed by atoms with Crippen molar-refractivity contribution in [2.24, 2.45) is 5.92 Å². The number of likely N-dealkylation sites (tertiary alicyclic amines) is 1. The molecule has 6 heteroatoms. The minimum Gasteiger partial charge on any atom is -0.339 e. The van der Waals surface area contributed by atoms with Crippen LogP contribution in [0.4, 0.5) is 13.2 Å². The maximum absolute atomic E-state index is 13.6. The van der Waals surface area contributed by atoms with Crippen LogP contribution in [0.5, 0.6) is 0 Å². The maximum atomic E-state index is 13.6. The quantitative estimate of drug-likeness (QED) is 0.867. The molecule has 0 saturated carbocycles. The smallest absolute Gasteiger partial charge is 0.256 e. The number of hydrogen-bond donors (Lipinski definition) is 1. The van der Waals surface area contributed by atoms with Crippen molar-refractivity contribution in [3.63, 3.8) is 0 Å². The molecule has 0 aliphatic carbocycles. The monoisotopic (exact) mass is 300 g/mol. The molecule has 1 heterocycles. The highest BCUT2D eigenvalue weighted by Gasteiger charge is 2.26. The molecular weight excluding hydrogens is 281 g/mol. The van der Waals surface area contributed by atoms with Gasteiger partial charge in [0.1, 0.15) is 0 Å². The van der Waals surface area contributed by atoms with E-state index in [-0.39, 0.29) is 0 Å². The van der Waals surface area contributed by atoms with E-state index < -0.39 is 28.9 Å². The van der Waals surface area contributed by atoms with Gasteiger partial charge in [-0.05, 0) is 50.9 Å². The molecule has 1 saturated heterocycles. The molecule has 1 aliphatic rings. The number of piperidine rings is 1. The summed E-state index contributed by atoms with van der Waals surface area (Å²) in [6, 6.07) is 1.79. The minimum absolute atomic E-state index is 0.400. The van der Waals surface area contributed by atoms with Crippen molar-refractivity contribution in [2.75, 3.05) is 26.7 Å². The summed E-state index contributed by atoms with van der Waals surface area (Å²) in [7, 11) is 1.89. The third-order valence-electron chi connectivity index (χ3n) is 3.97. The van der Waals surface area contributed by atoms with Crippen LogP contribution in [0, 0.1) is 23.4 Å². The highest BCUT2D eigenvalue weighted by atomic mass is 19.2. The molecule has 0 bridgehead atoms. The number of hydrogen-bond acceptors (Lipinski definition) is 2. The molecule has 0 radical (unpaired) electrons. The predicted molar refractivity (Wildman–Crippen MR) is 73.5 cm³/mol. The lowest BCUT2D eigenvalue weighted by atomic mass is 9.93. The molecule has 1 fully saturated rings. The van der Waals surface area contributed by atoms with Crippen LogP contribution in [0.3, 0.4) is 0 Å². The number of benzene rings is 1. The summed E-state index contributed by atoms with van der Waals surface area (Å²) < 4.78 is 39.7. The summed E-state index contributed by atoms with van der Waals surface area (Å²) in [5, 5.41) is 3.09. The maximum Gasteiger partial charge on any atom is 0.256 e. The Morgan fingerprint density at radius 3 is 2.52 bits per heavy atom. The van der Waals surface area contributed by atoms with Gasteiger partial charge in [-0.25, -0.2) is 13.2 Å². The Hall–Kier alpha value is -1.56. The molecule has 0 unspecified atom stereocenters. The van der Waals surface area contributed by atoms with Crippen LogP contribution in [0.15, 0.2) is 12.1 Å². The van der Waals surface area contributed by atoms with Crippen molar-refractivity contribution in [3.8, 4) is 0 Å². The topological polar surface area (TPSA) is 32.3 Å². The number of nitrogens with zero attached hydrogens (tertiary/aromatic N) is 1. The number of rotatable bonds is 4. The Balaban J connectivity index is 2.01. The van der Waals surface area contributed by atoms with E-state index in [9.17, 15) is 18.0 Å². The highest BCUT2D eigenvalue weighted by Crippen LogP contribution is 2.23. The molecule has 1 amide bonds. The Bertz CT molecular complexity index is 514. The normalized spacial score (nSPS) is 16.3. The zero-order valence-electron chi connectivity index (χ0n) is 12.0. The Kier molecular flexibility index (Phi) is 5.22. The fourth-order valence-corrected chi connectivity index (χ4v) is 2.63. The van der Waals surface area contributed by atoms with Gasteiger partial charge in [0.15, 0.2) is 17.5 Å². The Labute approximate surface area is 122 Å². The number of nitrogens with one attached hydrogen (secondary N) is 1. The first-order valence-electron chi connectivity index (χ1n) is 7.12. The first kappa shape index (κ1) is 15.8. The van der Waals surface area contributed by atoms with Gasteiger partial charge in [0.25, 0.3) is 5.91 Å². The van der Waals surface area contributed by atoms with E-state index in [1.165, 1.54) is 4.90 Å². The molecule has 2 rings (SSSR count). The second-order valence-electron chi connectivity index (χ2n) is 5.35. The second-order valence-corrected chi connectivity index (χ2v) is 5.35. The summed E-state index contributed by atoms with van der Waals surface area (Å²) >= 11 is 0. The zero-order chi connectivity index (χ0) is 15.4. The number of amides is 1. The SMILES string of the molecule is CNCCC1CCN(C(=O)c2ccc(F)c(F)c2F)CC1. The van der Waals surface area contributed by atoms with Crippen LogP contribution in [0.25, 0.3) is 0 Å². The average Bonchev–Trinajstić information content (AvgIpc) is 2.51. The van der Waals surface area contributed by atoms with Crippen molar-refractivity contribution in [2.45, 2.75) is 19.3 Å². The van der Waals surface area contributed by atoms with Crippen molar-refractivity contribution < 1.29 is 18.0 Å².